The maximum Gasteiger partial charge on any atom is 0.231 e. The van der Waals surface area contributed by atoms with Crippen molar-refractivity contribution in [2.24, 2.45) is 0 Å². The van der Waals surface area contributed by atoms with Crippen LogP contribution in [0.3, 0.4) is 0 Å². The Hall–Kier alpha value is -2.69. The number of nitrogens with zero attached hydrogens (tertiary/aromatic N) is 1. The highest BCUT2D eigenvalue weighted by atomic mass is 16.7. The molecule has 2 aromatic rings. The number of amides is 1. The molecule has 0 radical (unpaired) electrons. The summed E-state index contributed by atoms with van der Waals surface area (Å²) in [5.74, 6) is 1.60. The lowest BCUT2D eigenvalue weighted by Crippen LogP contribution is -2.31. The maximum atomic E-state index is 12.5. The fraction of sp³-hybridized carbons (Fsp3) is 0.316. The molecule has 0 fully saturated rings. The summed E-state index contributed by atoms with van der Waals surface area (Å²) in [6, 6.07) is 13.7. The van der Waals surface area contributed by atoms with E-state index in [0.717, 1.165) is 28.4 Å². The number of ether oxygens (including phenoxy) is 2. The van der Waals surface area contributed by atoms with Crippen molar-refractivity contribution in [2.75, 3.05) is 30.1 Å². The average Bonchev–Trinajstić information content (AvgIpc) is 3.03. The molecule has 0 saturated carbocycles. The Morgan fingerprint density at radius 2 is 2.00 bits per heavy atom. The van der Waals surface area contributed by atoms with Crippen LogP contribution in [0, 0.1) is 6.92 Å². The Morgan fingerprint density at radius 3 is 2.79 bits per heavy atom. The summed E-state index contributed by atoms with van der Waals surface area (Å²) in [4.78, 5) is 14.3. The summed E-state index contributed by atoms with van der Waals surface area (Å²) in [7, 11) is 0. The van der Waals surface area contributed by atoms with E-state index in [4.69, 9.17) is 9.47 Å². The van der Waals surface area contributed by atoms with E-state index in [0.29, 0.717) is 19.5 Å². The summed E-state index contributed by atoms with van der Waals surface area (Å²) >= 11 is 0. The first-order chi connectivity index (χ1) is 11.7. The molecule has 0 bridgehead atoms. The lowest BCUT2D eigenvalue weighted by molar-refractivity contribution is -0.118. The summed E-state index contributed by atoms with van der Waals surface area (Å²) in [6.07, 6.45) is 0.427. The normalized spacial score (nSPS) is 12.1. The van der Waals surface area contributed by atoms with Crippen LogP contribution in [0.1, 0.15) is 18.9 Å². The van der Waals surface area contributed by atoms with Crippen molar-refractivity contribution >= 4 is 17.3 Å². The zero-order valence-electron chi connectivity index (χ0n) is 14.0. The van der Waals surface area contributed by atoms with Crippen molar-refractivity contribution in [3.63, 3.8) is 0 Å². The lowest BCUT2D eigenvalue weighted by Gasteiger charge is -2.21. The van der Waals surface area contributed by atoms with Gasteiger partial charge in [0.25, 0.3) is 0 Å². The second kappa shape index (κ2) is 7.25. The summed E-state index contributed by atoms with van der Waals surface area (Å²) in [5.41, 5.74) is 3.02. The molecular formula is C19H22N2O3. The topological polar surface area (TPSA) is 50.8 Å². The highest BCUT2D eigenvalue weighted by molar-refractivity contribution is 5.93. The molecule has 24 heavy (non-hydrogen) atoms. The average molecular weight is 326 g/mol. The third-order valence-corrected chi connectivity index (χ3v) is 3.97. The molecule has 126 valence electrons. The monoisotopic (exact) mass is 326 g/mol. The van der Waals surface area contributed by atoms with E-state index in [9.17, 15) is 4.79 Å². The number of benzene rings is 2. The molecule has 3 rings (SSSR count). The fourth-order valence-electron chi connectivity index (χ4n) is 2.75. The number of hydrogen-bond acceptors (Lipinski definition) is 4. The van der Waals surface area contributed by atoms with Crippen LogP contribution >= 0.6 is 0 Å². The van der Waals surface area contributed by atoms with Crippen LogP contribution in [0.5, 0.6) is 11.5 Å². The number of hydrogen-bond donors (Lipinski definition) is 1. The van der Waals surface area contributed by atoms with E-state index in [1.54, 1.807) is 0 Å². The molecule has 1 N–H and O–H groups in total. The van der Waals surface area contributed by atoms with Gasteiger partial charge in [0, 0.05) is 37.0 Å². The molecule has 1 aliphatic rings. The second-order valence-corrected chi connectivity index (χ2v) is 5.72. The van der Waals surface area contributed by atoms with Gasteiger partial charge >= 0.3 is 0 Å². The van der Waals surface area contributed by atoms with Crippen molar-refractivity contribution < 1.29 is 14.3 Å². The lowest BCUT2D eigenvalue weighted by atomic mass is 10.2. The molecule has 0 spiro atoms. The minimum atomic E-state index is 0.108. The van der Waals surface area contributed by atoms with Crippen molar-refractivity contribution in [1.29, 1.82) is 0 Å². The first-order valence-corrected chi connectivity index (χ1v) is 8.18. The van der Waals surface area contributed by atoms with E-state index >= 15 is 0 Å². The van der Waals surface area contributed by atoms with Gasteiger partial charge in [-0.2, -0.15) is 0 Å². The third-order valence-electron chi connectivity index (χ3n) is 3.97. The summed E-state index contributed by atoms with van der Waals surface area (Å²) in [5, 5.41) is 3.26. The molecule has 5 heteroatoms. The van der Waals surface area contributed by atoms with Gasteiger partial charge in [0.1, 0.15) is 0 Å². The molecule has 1 aliphatic heterocycles. The molecule has 1 heterocycles. The fourth-order valence-corrected chi connectivity index (χ4v) is 2.75. The minimum Gasteiger partial charge on any atom is -0.454 e. The van der Waals surface area contributed by atoms with E-state index < -0.39 is 0 Å². The van der Waals surface area contributed by atoms with Crippen molar-refractivity contribution in [3.8, 4) is 11.5 Å². The first kappa shape index (κ1) is 16.2. The van der Waals surface area contributed by atoms with Crippen LogP contribution in [0.2, 0.25) is 0 Å². The molecule has 0 aromatic heterocycles. The van der Waals surface area contributed by atoms with Crippen LogP contribution in [0.15, 0.2) is 42.5 Å². The molecule has 0 atom stereocenters. The Morgan fingerprint density at radius 1 is 1.17 bits per heavy atom. The van der Waals surface area contributed by atoms with Gasteiger partial charge in [0.05, 0.1) is 0 Å². The molecule has 0 unspecified atom stereocenters. The SMILES string of the molecule is CCN(C(=O)CCNc1ccc2c(c1)OCO2)c1cccc(C)c1. The van der Waals surface area contributed by atoms with Gasteiger partial charge in [0.2, 0.25) is 12.7 Å². The number of aryl methyl sites for hydroxylation is 1. The standard InChI is InChI=1S/C19H22N2O3/c1-3-21(16-6-4-5-14(2)11-16)19(22)9-10-20-15-7-8-17-18(12-15)24-13-23-17/h4-8,11-12,20H,3,9-10,13H2,1-2H3. The summed E-state index contributed by atoms with van der Waals surface area (Å²) < 4.78 is 10.6. The maximum absolute atomic E-state index is 12.5. The highest BCUT2D eigenvalue weighted by Crippen LogP contribution is 2.34. The van der Waals surface area contributed by atoms with Gasteiger partial charge in [-0.1, -0.05) is 12.1 Å². The molecule has 5 nitrogen and oxygen atoms in total. The van der Waals surface area contributed by atoms with Crippen molar-refractivity contribution in [2.45, 2.75) is 20.3 Å². The highest BCUT2D eigenvalue weighted by Gasteiger charge is 2.15. The predicted octanol–water partition coefficient (Wildman–Crippen LogP) is 3.58. The quantitative estimate of drug-likeness (QED) is 0.881. The van der Waals surface area contributed by atoms with Crippen LogP contribution in [0.4, 0.5) is 11.4 Å². The van der Waals surface area contributed by atoms with Gasteiger partial charge in [-0.05, 0) is 43.7 Å². The first-order valence-electron chi connectivity index (χ1n) is 8.18. The number of carbonyl (C=O) groups excluding carboxylic acids is 1. The number of carbonyl (C=O) groups is 1. The third kappa shape index (κ3) is 3.62. The van der Waals surface area contributed by atoms with Gasteiger partial charge in [-0.25, -0.2) is 0 Å². The van der Waals surface area contributed by atoms with Crippen LogP contribution in [-0.4, -0.2) is 25.8 Å². The molecule has 1 amide bonds. The number of nitrogens with one attached hydrogen (secondary N) is 1. The van der Waals surface area contributed by atoms with E-state index in [1.807, 2.05) is 61.2 Å². The van der Waals surface area contributed by atoms with Gasteiger partial charge < -0.3 is 19.7 Å². The van der Waals surface area contributed by atoms with Gasteiger partial charge in [0.15, 0.2) is 11.5 Å². The van der Waals surface area contributed by atoms with E-state index in [-0.39, 0.29) is 12.7 Å². The molecule has 2 aromatic carbocycles. The van der Waals surface area contributed by atoms with Crippen molar-refractivity contribution in [3.05, 3.63) is 48.0 Å². The van der Waals surface area contributed by atoms with E-state index in [1.165, 1.54) is 0 Å². The van der Waals surface area contributed by atoms with Crippen LogP contribution in [0.25, 0.3) is 0 Å². The minimum absolute atomic E-state index is 0.108. The smallest absolute Gasteiger partial charge is 0.231 e. The molecule has 0 aliphatic carbocycles. The Kier molecular flexibility index (Phi) is 4.89. The molecular weight excluding hydrogens is 304 g/mol. The predicted molar refractivity (Wildman–Crippen MR) is 94.9 cm³/mol. The zero-order valence-corrected chi connectivity index (χ0v) is 14.0. The largest absolute Gasteiger partial charge is 0.454 e. The van der Waals surface area contributed by atoms with Crippen LogP contribution < -0.4 is 19.7 Å². The van der Waals surface area contributed by atoms with E-state index in [2.05, 4.69) is 5.32 Å². The number of anilines is 2. The Labute approximate surface area is 142 Å². The second-order valence-electron chi connectivity index (χ2n) is 5.72. The molecule has 0 saturated heterocycles. The Bertz CT molecular complexity index is 730. The number of fused-ring (bicyclic) bond motifs is 1. The number of rotatable bonds is 6. The zero-order chi connectivity index (χ0) is 16.9. The van der Waals surface area contributed by atoms with Gasteiger partial charge in [-0.15, -0.1) is 0 Å². The van der Waals surface area contributed by atoms with Crippen LogP contribution in [-0.2, 0) is 4.79 Å². The Balaban J connectivity index is 1.56. The van der Waals surface area contributed by atoms with Gasteiger partial charge in [-0.3, -0.25) is 4.79 Å². The van der Waals surface area contributed by atoms with Crippen molar-refractivity contribution in [1.82, 2.24) is 0 Å². The summed E-state index contributed by atoms with van der Waals surface area (Å²) in [6.45, 7) is 5.51.